The normalized spacial score (nSPS) is 20.9. The molecule has 0 aromatic carbocycles. The maximum absolute atomic E-state index is 5.49. The van der Waals surface area contributed by atoms with Crippen LogP contribution in [0, 0.1) is 5.41 Å². The average molecular weight is 393 g/mol. The Hall–Kier alpha value is -1.02. The zero-order valence-electron chi connectivity index (χ0n) is 18.7. The summed E-state index contributed by atoms with van der Waals surface area (Å²) in [6.07, 6.45) is 2.38. The highest BCUT2D eigenvalue weighted by Crippen LogP contribution is 2.29. The van der Waals surface area contributed by atoms with Gasteiger partial charge in [0.1, 0.15) is 11.6 Å². The van der Waals surface area contributed by atoms with Crippen LogP contribution in [0.5, 0.6) is 0 Å². The molecule has 0 radical (unpaired) electrons. The van der Waals surface area contributed by atoms with Crippen molar-refractivity contribution in [3.05, 3.63) is 11.6 Å². The third-order valence-corrected chi connectivity index (χ3v) is 5.99. The lowest BCUT2D eigenvalue weighted by Crippen LogP contribution is -2.47. The second-order valence-electron chi connectivity index (χ2n) is 9.56. The van der Waals surface area contributed by atoms with E-state index in [2.05, 4.69) is 64.3 Å². The molecule has 0 aliphatic carbocycles. The van der Waals surface area contributed by atoms with Gasteiger partial charge in [-0.3, -0.25) is 4.90 Å². The second-order valence-corrected chi connectivity index (χ2v) is 9.56. The van der Waals surface area contributed by atoms with E-state index in [0.29, 0.717) is 11.3 Å². The van der Waals surface area contributed by atoms with Gasteiger partial charge in [0.25, 0.3) is 0 Å². The zero-order valence-corrected chi connectivity index (χ0v) is 18.7. The Kier molecular flexibility index (Phi) is 7.48. The van der Waals surface area contributed by atoms with Crippen LogP contribution in [0.1, 0.15) is 51.2 Å². The van der Waals surface area contributed by atoms with Crippen LogP contribution in [0.2, 0.25) is 0 Å². The summed E-state index contributed by atoms with van der Waals surface area (Å²) in [6, 6.07) is 0. The molecule has 0 unspecified atom stereocenters. The highest BCUT2D eigenvalue weighted by atomic mass is 16.5. The maximum atomic E-state index is 5.49. The Balaban J connectivity index is 1.52. The molecule has 2 aliphatic rings. The van der Waals surface area contributed by atoms with Crippen LogP contribution in [0.25, 0.3) is 0 Å². The lowest BCUT2D eigenvalue weighted by Gasteiger charge is -2.40. The molecule has 0 amide bonds. The monoisotopic (exact) mass is 392 g/mol. The van der Waals surface area contributed by atoms with Gasteiger partial charge in [-0.1, -0.05) is 13.8 Å². The van der Waals surface area contributed by atoms with Gasteiger partial charge in [-0.2, -0.15) is 0 Å². The first-order valence-electron chi connectivity index (χ1n) is 11.0. The Morgan fingerprint density at radius 2 is 1.61 bits per heavy atom. The van der Waals surface area contributed by atoms with Gasteiger partial charge in [0.2, 0.25) is 0 Å². The lowest BCUT2D eigenvalue weighted by molar-refractivity contribution is 0.0134. The van der Waals surface area contributed by atoms with E-state index in [9.17, 15) is 0 Å². The summed E-state index contributed by atoms with van der Waals surface area (Å²) in [4.78, 5) is 7.38. The first-order chi connectivity index (χ1) is 13.4. The summed E-state index contributed by atoms with van der Waals surface area (Å²) in [5.74, 6) is 2.84. The fraction of sp³-hybridized carbons (Fsp3) is 0.905. The molecule has 28 heavy (non-hydrogen) atoms. The Labute approximate surface area is 171 Å². The van der Waals surface area contributed by atoms with E-state index in [1.54, 1.807) is 0 Å². The van der Waals surface area contributed by atoms with Gasteiger partial charge in [-0.05, 0) is 52.4 Å². The van der Waals surface area contributed by atoms with Crippen molar-refractivity contribution in [3.8, 4) is 0 Å². The first kappa shape index (κ1) is 21.7. The number of hydrogen-bond acceptors (Lipinski definition) is 6. The molecule has 0 N–H and O–H groups in total. The maximum Gasteiger partial charge on any atom is 0.147 e. The minimum atomic E-state index is 0.312. The van der Waals surface area contributed by atoms with E-state index in [1.165, 1.54) is 25.2 Å². The zero-order chi connectivity index (χ0) is 20.1. The van der Waals surface area contributed by atoms with Crippen molar-refractivity contribution in [3.63, 3.8) is 0 Å². The largest absolute Gasteiger partial charge is 0.379 e. The number of rotatable bonds is 8. The van der Waals surface area contributed by atoms with Gasteiger partial charge in [0.15, 0.2) is 0 Å². The number of morpholine rings is 1. The minimum absolute atomic E-state index is 0.312. The van der Waals surface area contributed by atoms with Gasteiger partial charge < -0.3 is 19.1 Å². The second kappa shape index (κ2) is 9.65. The molecule has 0 saturated carbocycles. The van der Waals surface area contributed by atoms with Crippen LogP contribution >= 0.6 is 0 Å². The number of ether oxygens (including phenoxy) is 1. The molecule has 7 heteroatoms. The average Bonchev–Trinajstić information content (AvgIpc) is 3.04. The molecule has 1 aromatic rings. The summed E-state index contributed by atoms with van der Waals surface area (Å²) in [6.45, 7) is 17.4. The van der Waals surface area contributed by atoms with Crippen LogP contribution in [-0.2, 0) is 17.8 Å². The molecule has 0 bridgehead atoms. The summed E-state index contributed by atoms with van der Waals surface area (Å²) < 4.78 is 7.83. The number of piperidine rings is 1. The number of aromatic nitrogens is 3. The van der Waals surface area contributed by atoms with Crippen LogP contribution in [0.3, 0.4) is 0 Å². The van der Waals surface area contributed by atoms with Gasteiger partial charge in [0, 0.05) is 38.6 Å². The van der Waals surface area contributed by atoms with Crippen LogP contribution < -0.4 is 0 Å². The molecular formula is C21H40N6O. The summed E-state index contributed by atoms with van der Waals surface area (Å²) in [7, 11) is 4.18. The molecule has 2 saturated heterocycles. The Bertz CT molecular complexity index is 600. The Morgan fingerprint density at radius 3 is 2.18 bits per heavy atom. The highest BCUT2D eigenvalue weighted by Gasteiger charge is 2.30. The molecule has 2 fully saturated rings. The number of likely N-dealkylation sites (tertiary alicyclic amines) is 1. The Morgan fingerprint density at radius 1 is 1.00 bits per heavy atom. The van der Waals surface area contributed by atoms with Crippen molar-refractivity contribution >= 4 is 0 Å². The third-order valence-electron chi connectivity index (χ3n) is 5.99. The fourth-order valence-corrected chi connectivity index (χ4v) is 4.76. The van der Waals surface area contributed by atoms with E-state index in [4.69, 9.17) is 4.74 Å². The van der Waals surface area contributed by atoms with Crippen molar-refractivity contribution in [1.82, 2.24) is 29.5 Å². The highest BCUT2D eigenvalue weighted by molar-refractivity contribution is 5.04. The molecule has 0 spiro atoms. The number of nitrogens with zero attached hydrogens (tertiary/aromatic N) is 6. The topological polar surface area (TPSA) is 49.7 Å². The predicted molar refractivity (Wildman–Crippen MR) is 113 cm³/mol. The van der Waals surface area contributed by atoms with Crippen LogP contribution in [-0.4, -0.2) is 96.0 Å². The van der Waals surface area contributed by atoms with Crippen LogP contribution in [0.15, 0.2) is 0 Å². The van der Waals surface area contributed by atoms with Gasteiger partial charge in [0.05, 0.1) is 19.8 Å². The third kappa shape index (κ3) is 5.75. The first-order valence-corrected chi connectivity index (χ1v) is 11.0. The molecule has 1 aromatic heterocycles. The molecule has 2 aliphatic heterocycles. The molecule has 7 nitrogen and oxygen atoms in total. The summed E-state index contributed by atoms with van der Waals surface area (Å²) in [5, 5.41) is 9.08. The van der Waals surface area contributed by atoms with E-state index in [0.717, 1.165) is 64.9 Å². The van der Waals surface area contributed by atoms with Gasteiger partial charge in [-0.25, -0.2) is 0 Å². The smallest absolute Gasteiger partial charge is 0.147 e. The standard InChI is InChI=1S/C21H40N6O/c1-6-27-19(15-24(4)5)22-23-20(27)18-7-9-25(10-8-18)16-21(2,3)17-26-11-13-28-14-12-26/h18H,6-17H2,1-5H3. The predicted octanol–water partition coefficient (Wildman–Crippen LogP) is 1.90. The van der Waals surface area contributed by atoms with E-state index >= 15 is 0 Å². The molecular weight excluding hydrogens is 352 g/mol. The van der Waals surface area contributed by atoms with Crippen LogP contribution in [0.4, 0.5) is 0 Å². The van der Waals surface area contributed by atoms with Crippen molar-refractivity contribution in [2.45, 2.75) is 52.6 Å². The molecule has 160 valence electrons. The molecule has 0 atom stereocenters. The quantitative estimate of drug-likeness (QED) is 0.673. The fourth-order valence-electron chi connectivity index (χ4n) is 4.76. The van der Waals surface area contributed by atoms with E-state index < -0.39 is 0 Å². The van der Waals surface area contributed by atoms with Gasteiger partial charge >= 0.3 is 0 Å². The van der Waals surface area contributed by atoms with Crippen molar-refractivity contribution < 1.29 is 4.74 Å². The van der Waals surface area contributed by atoms with Crippen molar-refractivity contribution in [1.29, 1.82) is 0 Å². The molecule has 3 heterocycles. The summed E-state index contributed by atoms with van der Waals surface area (Å²) >= 11 is 0. The minimum Gasteiger partial charge on any atom is -0.379 e. The summed E-state index contributed by atoms with van der Waals surface area (Å²) in [5.41, 5.74) is 0.312. The molecule has 3 rings (SSSR count). The van der Waals surface area contributed by atoms with Gasteiger partial charge in [-0.15, -0.1) is 10.2 Å². The van der Waals surface area contributed by atoms with Crippen molar-refractivity contribution in [2.75, 3.05) is 66.6 Å². The van der Waals surface area contributed by atoms with E-state index in [-0.39, 0.29) is 0 Å². The number of hydrogen-bond donors (Lipinski definition) is 0. The lowest BCUT2D eigenvalue weighted by atomic mass is 9.89. The van der Waals surface area contributed by atoms with E-state index in [1.807, 2.05) is 0 Å². The SMILES string of the molecule is CCn1c(CN(C)C)nnc1C1CCN(CC(C)(C)CN2CCOCC2)CC1. The van der Waals surface area contributed by atoms with Crippen molar-refractivity contribution in [2.24, 2.45) is 5.41 Å².